The van der Waals surface area contributed by atoms with Crippen molar-refractivity contribution < 1.29 is 4.74 Å². The van der Waals surface area contributed by atoms with Crippen molar-refractivity contribution in [3.8, 4) is 5.75 Å². The summed E-state index contributed by atoms with van der Waals surface area (Å²) < 4.78 is 5.73. The van der Waals surface area contributed by atoms with E-state index in [9.17, 15) is 0 Å². The summed E-state index contributed by atoms with van der Waals surface area (Å²) in [6.07, 6.45) is 4.58. The quantitative estimate of drug-likeness (QED) is 0.662. The summed E-state index contributed by atoms with van der Waals surface area (Å²) in [7, 11) is 0. The van der Waals surface area contributed by atoms with Crippen LogP contribution in [0.15, 0.2) is 24.3 Å². The molecule has 1 rings (SSSR count). The van der Waals surface area contributed by atoms with Crippen molar-refractivity contribution >= 4 is 0 Å². The van der Waals surface area contributed by atoms with Crippen LogP contribution in [0, 0.1) is 0 Å². The third-order valence-corrected chi connectivity index (χ3v) is 2.75. The molecule has 2 heteroatoms. The zero-order chi connectivity index (χ0) is 12.3. The van der Waals surface area contributed by atoms with Crippen LogP contribution >= 0.6 is 0 Å². The number of hydrogen-bond acceptors (Lipinski definition) is 2. The maximum atomic E-state index is 5.73. The molecule has 0 spiro atoms. The van der Waals surface area contributed by atoms with Gasteiger partial charge in [0.15, 0.2) is 0 Å². The number of nitrogens with one attached hydrogen (secondary N) is 1. The van der Waals surface area contributed by atoms with Crippen molar-refractivity contribution in [1.29, 1.82) is 0 Å². The monoisotopic (exact) mass is 235 g/mol. The van der Waals surface area contributed by atoms with Gasteiger partial charge in [-0.2, -0.15) is 0 Å². The molecule has 1 N–H and O–H groups in total. The molecule has 0 aliphatic heterocycles. The largest absolute Gasteiger partial charge is 0.494 e. The Bertz CT molecular complexity index is 299. The summed E-state index contributed by atoms with van der Waals surface area (Å²) in [6.45, 7) is 7.40. The zero-order valence-electron chi connectivity index (χ0n) is 11.2. The molecule has 0 amide bonds. The summed E-state index contributed by atoms with van der Waals surface area (Å²) >= 11 is 0. The Morgan fingerprint density at radius 1 is 1.12 bits per heavy atom. The Morgan fingerprint density at radius 3 is 2.76 bits per heavy atom. The highest BCUT2D eigenvalue weighted by Gasteiger charge is 1.95. The number of rotatable bonds is 9. The fourth-order valence-corrected chi connectivity index (χ4v) is 1.70. The van der Waals surface area contributed by atoms with Crippen molar-refractivity contribution in [3.63, 3.8) is 0 Å². The number of aryl methyl sites for hydroxylation is 1. The summed E-state index contributed by atoms with van der Waals surface area (Å²) in [6, 6.07) is 8.38. The minimum atomic E-state index is 0.820. The Balaban J connectivity index is 2.09. The maximum Gasteiger partial charge on any atom is 0.119 e. The first-order valence-corrected chi connectivity index (χ1v) is 6.79. The standard InChI is InChI=1S/C15H25NO/c1-3-10-16-11-5-6-12-17-15-9-7-8-14(4-2)13-15/h7-9,13,16H,3-6,10-12H2,1-2H3. The van der Waals surface area contributed by atoms with Gasteiger partial charge in [-0.25, -0.2) is 0 Å². The molecule has 0 aliphatic carbocycles. The minimum Gasteiger partial charge on any atom is -0.494 e. The van der Waals surface area contributed by atoms with Gasteiger partial charge >= 0.3 is 0 Å². The molecule has 1 aromatic carbocycles. The number of benzene rings is 1. The maximum absolute atomic E-state index is 5.73. The predicted molar refractivity (Wildman–Crippen MR) is 73.7 cm³/mol. The van der Waals surface area contributed by atoms with Crippen LogP contribution in [0.2, 0.25) is 0 Å². The first kappa shape index (κ1) is 14.0. The van der Waals surface area contributed by atoms with E-state index in [2.05, 4.69) is 37.4 Å². The summed E-state index contributed by atoms with van der Waals surface area (Å²) in [4.78, 5) is 0. The predicted octanol–water partition coefficient (Wildman–Crippen LogP) is 3.41. The Hall–Kier alpha value is -1.02. The van der Waals surface area contributed by atoms with E-state index in [1.54, 1.807) is 0 Å². The van der Waals surface area contributed by atoms with Crippen LogP contribution in [0.3, 0.4) is 0 Å². The number of unbranched alkanes of at least 4 members (excludes halogenated alkanes) is 1. The molecule has 0 atom stereocenters. The second kappa shape index (κ2) is 9.06. The SMILES string of the molecule is CCCNCCCCOc1cccc(CC)c1. The zero-order valence-corrected chi connectivity index (χ0v) is 11.2. The first-order valence-electron chi connectivity index (χ1n) is 6.79. The van der Waals surface area contributed by atoms with Crippen molar-refractivity contribution in [3.05, 3.63) is 29.8 Å². The highest BCUT2D eigenvalue weighted by atomic mass is 16.5. The van der Waals surface area contributed by atoms with E-state index in [0.717, 1.165) is 38.3 Å². The third-order valence-electron chi connectivity index (χ3n) is 2.75. The van der Waals surface area contributed by atoms with Gasteiger partial charge in [-0.1, -0.05) is 26.0 Å². The van der Waals surface area contributed by atoms with Crippen molar-refractivity contribution in [2.45, 2.75) is 39.5 Å². The molecule has 0 radical (unpaired) electrons. The molecule has 0 bridgehead atoms. The second-order valence-corrected chi connectivity index (χ2v) is 4.31. The van der Waals surface area contributed by atoms with Crippen LogP contribution in [0.1, 0.15) is 38.7 Å². The van der Waals surface area contributed by atoms with Gasteiger partial charge in [-0.15, -0.1) is 0 Å². The van der Waals surface area contributed by atoms with Gasteiger partial charge in [0.1, 0.15) is 5.75 Å². The molecular weight excluding hydrogens is 210 g/mol. The minimum absolute atomic E-state index is 0.820. The van der Waals surface area contributed by atoms with E-state index in [-0.39, 0.29) is 0 Å². The lowest BCUT2D eigenvalue weighted by atomic mass is 10.2. The van der Waals surface area contributed by atoms with Crippen LogP contribution in [0.5, 0.6) is 5.75 Å². The van der Waals surface area contributed by atoms with Crippen molar-refractivity contribution in [2.75, 3.05) is 19.7 Å². The third kappa shape index (κ3) is 6.32. The van der Waals surface area contributed by atoms with Gasteiger partial charge in [0.05, 0.1) is 6.61 Å². The molecule has 0 aromatic heterocycles. The highest BCUT2D eigenvalue weighted by molar-refractivity contribution is 5.28. The van der Waals surface area contributed by atoms with Gasteiger partial charge < -0.3 is 10.1 Å². The lowest BCUT2D eigenvalue weighted by Gasteiger charge is -2.07. The van der Waals surface area contributed by atoms with Crippen LogP contribution in [-0.2, 0) is 6.42 Å². The molecule has 0 aliphatic rings. The lowest BCUT2D eigenvalue weighted by molar-refractivity contribution is 0.305. The normalized spacial score (nSPS) is 10.5. The average molecular weight is 235 g/mol. The second-order valence-electron chi connectivity index (χ2n) is 4.31. The molecule has 17 heavy (non-hydrogen) atoms. The topological polar surface area (TPSA) is 21.3 Å². The Labute approximate surface area is 105 Å². The lowest BCUT2D eigenvalue weighted by Crippen LogP contribution is -2.16. The molecule has 0 heterocycles. The van der Waals surface area contributed by atoms with Gasteiger partial charge in [0, 0.05) is 0 Å². The number of hydrogen-bond donors (Lipinski definition) is 1. The number of ether oxygens (including phenoxy) is 1. The van der Waals surface area contributed by atoms with Gasteiger partial charge in [0.2, 0.25) is 0 Å². The van der Waals surface area contributed by atoms with Crippen LogP contribution in [0.25, 0.3) is 0 Å². The van der Waals surface area contributed by atoms with Crippen LogP contribution in [0.4, 0.5) is 0 Å². The van der Waals surface area contributed by atoms with Crippen LogP contribution < -0.4 is 10.1 Å². The van der Waals surface area contributed by atoms with Gasteiger partial charge in [-0.05, 0) is 56.5 Å². The van der Waals surface area contributed by atoms with Gasteiger partial charge in [-0.3, -0.25) is 0 Å². The average Bonchev–Trinajstić information content (AvgIpc) is 2.38. The first-order chi connectivity index (χ1) is 8.36. The molecule has 0 saturated heterocycles. The summed E-state index contributed by atoms with van der Waals surface area (Å²) in [5, 5.41) is 3.40. The molecule has 1 aromatic rings. The van der Waals surface area contributed by atoms with Crippen molar-refractivity contribution in [2.24, 2.45) is 0 Å². The van der Waals surface area contributed by atoms with E-state index in [1.165, 1.54) is 18.4 Å². The smallest absolute Gasteiger partial charge is 0.119 e. The van der Waals surface area contributed by atoms with E-state index >= 15 is 0 Å². The van der Waals surface area contributed by atoms with Crippen molar-refractivity contribution in [1.82, 2.24) is 5.32 Å². The summed E-state index contributed by atoms with van der Waals surface area (Å²) in [5.41, 5.74) is 1.34. The highest BCUT2D eigenvalue weighted by Crippen LogP contribution is 2.13. The van der Waals surface area contributed by atoms with E-state index in [0.29, 0.717) is 0 Å². The molecule has 0 fully saturated rings. The fraction of sp³-hybridized carbons (Fsp3) is 0.600. The summed E-state index contributed by atoms with van der Waals surface area (Å²) in [5.74, 6) is 1.01. The van der Waals surface area contributed by atoms with Crippen LogP contribution in [-0.4, -0.2) is 19.7 Å². The van der Waals surface area contributed by atoms with Gasteiger partial charge in [0.25, 0.3) is 0 Å². The molecule has 96 valence electrons. The fourth-order valence-electron chi connectivity index (χ4n) is 1.70. The van der Waals surface area contributed by atoms with E-state index in [1.807, 2.05) is 6.07 Å². The van der Waals surface area contributed by atoms with E-state index in [4.69, 9.17) is 4.74 Å². The Kier molecular flexibility index (Phi) is 7.48. The Morgan fingerprint density at radius 2 is 2.00 bits per heavy atom. The molecule has 0 saturated carbocycles. The molecule has 0 unspecified atom stereocenters. The molecular formula is C15H25NO. The van der Waals surface area contributed by atoms with E-state index < -0.39 is 0 Å². The molecule has 2 nitrogen and oxygen atoms in total.